The number of ether oxygens (including phenoxy) is 1. The van der Waals surface area contributed by atoms with Crippen LogP contribution in [0.15, 0.2) is 73.2 Å². The lowest BCUT2D eigenvalue weighted by molar-refractivity contribution is 0.413. The summed E-state index contributed by atoms with van der Waals surface area (Å²) < 4.78 is 9.70. The van der Waals surface area contributed by atoms with Crippen LogP contribution in [0.2, 0.25) is 0 Å². The predicted octanol–water partition coefficient (Wildman–Crippen LogP) is 6.03. The minimum Gasteiger partial charge on any atom is -0.495 e. The number of fused-ring (bicyclic) bond motifs is 2. The van der Waals surface area contributed by atoms with Crippen molar-refractivity contribution in [2.75, 3.05) is 7.11 Å². The van der Waals surface area contributed by atoms with Gasteiger partial charge < -0.3 is 9.30 Å². The van der Waals surface area contributed by atoms with Gasteiger partial charge in [0.25, 0.3) is 0 Å². The fourth-order valence-electron chi connectivity index (χ4n) is 5.02. The third-order valence-corrected chi connectivity index (χ3v) is 6.71. The molecule has 0 unspecified atom stereocenters. The van der Waals surface area contributed by atoms with Crippen molar-refractivity contribution in [3.63, 3.8) is 0 Å². The molecule has 0 spiro atoms. The van der Waals surface area contributed by atoms with Crippen molar-refractivity contribution < 1.29 is 4.74 Å². The molecule has 0 saturated carbocycles. The number of hydrogen-bond donors (Lipinski definition) is 0. The number of benzene rings is 3. The summed E-state index contributed by atoms with van der Waals surface area (Å²) in [6.07, 6.45) is 10.00. The highest BCUT2D eigenvalue weighted by molar-refractivity contribution is 5.86. The maximum Gasteiger partial charge on any atom is 0.174 e. The third kappa shape index (κ3) is 4.01. The average molecular weight is 462 g/mol. The van der Waals surface area contributed by atoms with Crippen LogP contribution in [-0.4, -0.2) is 31.4 Å². The van der Waals surface area contributed by atoms with Crippen molar-refractivity contribution in [1.29, 1.82) is 0 Å². The van der Waals surface area contributed by atoms with Crippen LogP contribution in [0.3, 0.4) is 0 Å². The first-order valence-corrected chi connectivity index (χ1v) is 12.0. The molecule has 0 amide bonds. The molecule has 0 bridgehead atoms. The fraction of sp³-hybridized carbons (Fsp3) is 0.207. The lowest BCUT2D eigenvalue weighted by atomic mass is 9.88. The Bertz CT molecular complexity index is 1540. The van der Waals surface area contributed by atoms with Crippen LogP contribution in [0, 0.1) is 6.92 Å². The largest absolute Gasteiger partial charge is 0.495 e. The molecule has 6 rings (SSSR count). The van der Waals surface area contributed by atoms with Gasteiger partial charge in [-0.25, -0.2) is 14.6 Å². The molecule has 1 aliphatic heterocycles. The molecule has 0 radical (unpaired) electrons. The zero-order chi connectivity index (χ0) is 23.8. The Morgan fingerprint density at radius 2 is 1.91 bits per heavy atom. The van der Waals surface area contributed by atoms with Crippen molar-refractivity contribution >= 4 is 22.9 Å². The summed E-state index contributed by atoms with van der Waals surface area (Å²) in [5, 5.41) is 7.38. The minimum absolute atomic E-state index is 0.252. The number of imidazole rings is 1. The maximum absolute atomic E-state index is 5.65. The van der Waals surface area contributed by atoms with Gasteiger partial charge in [-0.2, -0.15) is 5.10 Å². The van der Waals surface area contributed by atoms with Crippen molar-refractivity contribution in [2.45, 2.75) is 32.2 Å². The molecule has 1 aliphatic rings. The van der Waals surface area contributed by atoms with Crippen LogP contribution in [0.5, 0.6) is 5.75 Å². The van der Waals surface area contributed by atoms with E-state index in [1.54, 1.807) is 13.4 Å². The molecule has 6 nitrogen and oxygen atoms in total. The highest BCUT2D eigenvalue weighted by Gasteiger charge is 2.26. The summed E-state index contributed by atoms with van der Waals surface area (Å²) in [5.41, 5.74) is 4.29. The summed E-state index contributed by atoms with van der Waals surface area (Å²) in [6, 6.07) is 21.3. The van der Waals surface area contributed by atoms with E-state index in [0.29, 0.717) is 0 Å². The first-order valence-electron chi connectivity index (χ1n) is 12.0. The summed E-state index contributed by atoms with van der Waals surface area (Å²) in [5.74, 6) is 2.83. The standard InChI is InChI=1S/C29H27N5O/c1-20-18-33(19-30-20)26-14-12-21(17-27(26)35-2)13-15-28-31-29-25(11-6-16-34(29)32-28)24-10-5-8-22-7-3-4-9-23(22)24/h3-5,7-10,12-15,17-19,25H,6,11,16H2,1-2H3/t25-/m0/s1. The van der Waals surface area contributed by atoms with E-state index < -0.39 is 0 Å². The quantitative estimate of drug-likeness (QED) is 0.321. The molecule has 6 heteroatoms. The van der Waals surface area contributed by atoms with Gasteiger partial charge in [0, 0.05) is 18.7 Å². The van der Waals surface area contributed by atoms with Gasteiger partial charge in [0.2, 0.25) is 0 Å². The van der Waals surface area contributed by atoms with Gasteiger partial charge in [0.1, 0.15) is 11.6 Å². The lowest BCUT2D eigenvalue weighted by Gasteiger charge is -2.23. The molecule has 1 atom stereocenters. The molecule has 0 N–H and O–H groups in total. The topological polar surface area (TPSA) is 57.8 Å². The van der Waals surface area contributed by atoms with E-state index in [2.05, 4.69) is 58.2 Å². The number of methoxy groups -OCH3 is 1. The van der Waals surface area contributed by atoms with Crippen LogP contribution in [0.25, 0.3) is 28.6 Å². The maximum atomic E-state index is 5.65. The van der Waals surface area contributed by atoms with E-state index in [4.69, 9.17) is 14.8 Å². The van der Waals surface area contributed by atoms with Gasteiger partial charge in [-0.15, -0.1) is 0 Å². The zero-order valence-electron chi connectivity index (χ0n) is 19.9. The van der Waals surface area contributed by atoms with Gasteiger partial charge in [-0.05, 0) is 59.9 Å². The molecule has 2 aromatic heterocycles. The van der Waals surface area contributed by atoms with Crippen molar-refractivity contribution in [1.82, 2.24) is 24.3 Å². The molecule has 35 heavy (non-hydrogen) atoms. The number of nitrogens with zero attached hydrogens (tertiary/aromatic N) is 5. The molecule has 174 valence electrons. The second-order valence-corrected chi connectivity index (χ2v) is 9.00. The Morgan fingerprint density at radius 3 is 2.77 bits per heavy atom. The van der Waals surface area contributed by atoms with Crippen LogP contribution in [0.4, 0.5) is 0 Å². The van der Waals surface area contributed by atoms with Crippen molar-refractivity contribution in [2.24, 2.45) is 0 Å². The van der Waals surface area contributed by atoms with E-state index in [-0.39, 0.29) is 5.92 Å². The fourth-order valence-corrected chi connectivity index (χ4v) is 5.02. The van der Waals surface area contributed by atoms with E-state index in [1.165, 1.54) is 16.3 Å². The Balaban J connectivity index is 1.30. The van der Waals surface area contributed by atoms with E-state index in [1.807, 2.05) is 42.0 Å². The summed E-state index contributed by atoms with van der Waals surface area (Å²) in [6.45, 7) is 2.88. The summed E-state index contributed by atoms with van der Waals surface area (Å²) in [7, 11) is 1.69. The number of aromatic nitrogens is 5. The smallest absolute Gasteiger partial charge is 0.174 e. The van der Waals surface area contributed by atoms with E-state index >= 15 is 0 Å². The first-order chi connectivity index (χ1) is 17.2. The van der Waals surface area contributed by atoms with Crippen LogP contribution >= 0.6 is 0 Å². The average Bonchev–Trinajstić information content (AvgIpc) is 3.52. The number of aryl methyl sites for hydroxylation is 2. The van der Waals surface area contributed by atoms with Crippen LogP contribution < -0.4 is 4.74 Å². The molecule has 5 aromatic rings. The second kappa shape index (κ2) is 8.87. The molecular weight excluding hydrogens is 434 g/mol. The molecule has 3 aromatic carbocycles. The second-order valence-electron chi connectivity index (χ2n) is 9.00. The monoisotopic (exact) mass is 461 g/mol. The molecule has 3 heterocycles. The Hall–Kier alpha value is -4.19. The predicted molar refractivity (Wildman–Crippen MR) is 139 cm³/mol. The van der Waals surface area contributed by atoms with Crippen molar-refractivity contribution in [3.8, 4) is 11.4 Å². The van der Waals surface area contributed by atoms with Gasteiger partial charge in [-0.1, -0.05) is 54.6 Å². The van der Waals surface area contributed by atoms with Crippen molar-refractivity contribution in [3.05, 3.63) is 102 Å². The summed E-state index contributed by atoms with van der Waals surface area (Å²) >= 11 is 0. The Morgan fingerprint density at radius 1 is 1.03 bits per heavy atom. The highest BCUT2D eigenvalue weighted by Crippen LogP contribution is 2.36. The normalized spacial score (nSPS) is 15.5. The van der Waals surface area contributed by atoms with E-state index in [0.717, 1.165) is 53.7 Å². The van der Waals surface area contributed by atoms with Gasteiger partial charge >= 0.3 is 0 Å². The van der Waals surface area contributed by atoms with Gasteiger partial charge in [0.05, 0.1) is 24.8 Å². The number of rotatable bonds is 5. The number of hydrogen-bond acceptors (Lipinski definition) is 4. The van der Waals surface area contributed by atoms with Gasteiger partial charge in [0.15, 0.2) is 5.82 Å². The zero-order valence-corrected chi connectivity index (χ0v) is 19.9. The lowest BCUT2D eigenvalue weighted by Crippen LogP contribution is -2.18. The highest BCUT2D eigenvalue weighted by atomic mass is 16.5. The Labute approximate surface area is 204 Å². The van der Waals surface area contributed by atoms with E-state index in [9.17, 15) is 0 Å². The molecule has 0 fully saturated rings. The molecular formula is C29H27N5O. The summed E-state index contributed by atoms with van der Waals surface area (Å²) in [4.78, 5) is 9.28. The first kappa shape index (κ1) is 21.4. The Kier molecular flexibility index (Phi) is 5.41. The molecule has 0 saturated heterocycles. The molecule has 0 aliphatic carbocycles. The third-order valence-electron chi connectivity index (χ3n) is 6.71. The minimum atomic E-state index is 0.252. The SMILES string of the molecule is COc1cc(C=Cc2nc3n(n2)CCC[C@H]3c2cccc3ccccc23)ccc1-n1cnc(C)c1. The van der Waals surface area contributed by atoms with Crippen LogP contribution in [-0.2, 0) is 6.54 Å². The van der Waals surface area contributed by atoms with Gasteiger partial charge in [-0.3, -0.25) is 0 Å². The van der Waals surface area contributed by atoms with Crippen LogP contribution in [0.1, 0.15) is 47.2 Å².